The first kappa shape index (κ1) is 25.8. The van der Waals surface area contributed by atoms with Crippen LogP contribution < -0.4 is 5.32 Å². The summed E-state index contributed by atoms with van der Waals surface area (Å²) in [5.41, 5.74) is 3.64. The maximum atomic E-state index is 13.8. The standard InChI is InChI=1S/C29H26F3N7O/c1-19-4-5-20(10-25(19)26-14-34-27-15-33-6-9-39(26)27)28(40)36-22-11-21(29(30,31)32)12-24(13-22)38-17-23(35-18-38)16-37-7-2-3-8-37/h4-6,9-15,17-18H,2-3,7-8,16H2,1H3,(H,36,40). The van der Waals surface area contributed by atoms with Crippen molar-refractivity contribution < 1.29 is 18.0 Å². The Morgan fingerprint density at radius 2 is 1.88 bits per heavy atom. The van der Waals surface area contributed by atoms with Gasteiger partial charge in [-0.05, 0) is 68.8 Å². The summed E-state index contributed by atoms with van der Waals surface area (Å²) in [6.45, 7) is 4.54. The molecule has 0 spiro atoms. The van der Waals surface area contributed by atoms with Crippen molar-refractivity contribution in [3.05, 3.63) is 96.1 Å². The summed E-state index contributed by atoms with van der Waals surface area (Å²) < 4.78 is 44.9. The third-order valence-corrected chi connectivity index (χ3v) is 7.11. The van der Waals surface area contributed by atoms with E-state index in [1.54, 1.807) is 53.8 Å². The Balaban J connectivity index is 1.30. The van der Waals surface area contributed by atoms with E-state index in [4.69, 9.17) is 0 Å². The molecular formula is C29H26F3N7O. The molecule has 1 fully saturated rings. The number of alkyl halides is 3. The van der Waals surface area contributed by atoms with Crippen molar-refractivity contribution in [1.29, 1.82) is 0 Å². The van der Waals surface area contributed by atoms with Crippen molar-refractivity contribution in [2.45, 2.75) is 32.5 Å². The summed E-state index contributed by atoms with van der Waals surface area (Å²) in [6, 6.07) is 8.67. The van der Waals surface area contributed by atoms with Gasteiger partial charge in [0.15, 0.2) is 5.65 Å². The minimum atomic E-state index is -4.59. The first-order chi connectivity index (χ1) is 19.2. The highest BCUT2D eigenvalue weighted by Gasteiger charge is 2.31. The smallest absolute Gasteiger partial charge is 0.322 e. The Morgan fingerprint density at radius 3 is 2.67 bits per heavy atom. The molecule has 1 aliphatic rings. The van der Waals surface area contributed by atoms with Gasteiger partial charge in [-0.25, -0.2) is 9.97 Å². The molecule has 8 nitrogen and oxygen atoms in total. The van der Waals surface area contributed by atoms with Crippen LogP contribution in [0.3, 0.4) is 0 Å². The zero-order chi connectivity index (χ0) is 27.9. The lowest BCUT2D eigenvalue weighted by Gasteiger charge is -2.14. The van der Waals surface area contributed by atoms with Crippen LogP contribution >= 0.6 is 0 Å². The number of aryl methyl sites for hydroxylation is 1. The van der Waals surface area contributed by atoms with Gasteiger partial charge in [0.2, 0.25) is 0 Å². The fourth-order valence-corrected chi connectivity index (χ4v) is 5.04. The van der Waals surface area contributed by atoms with E-state index in [1.165, 1.54) is 12.4 Å². The number of aromatic nitrogens is 5. The van der Waals surface area contributed by atoms with Crippen LogP contribution in [0, 0.1) is 6.92 Å². The summed E-state index contributed by atoms with van der Waals surface area (Å²) in [7, 11) is 0. The molecule has 0 atom stereocenters. The van der Waals surface area contributed by atoms with Crippen molar-refractivity contribution >= 4 is 17.2 Å². The van der Waals surface area contributed by atoms with Crippen LogP contribution in [0.2, 0.25) is 0 Å². The van der Waals surface area contributed by atoms with E-state index in [0.717, 1.165) is 60.6 Å². The highest BCUT2D eigenvalue weighted by Crippen LogP contribution is 2.33. The fraction of sp³-hybridized carbons (Fsp3) is 0.241. The minimum absolute atomic E-state index is 0.0348. The molecule has 1 aliphatic heterocycles. The maximum absolute atomic E-state index is 13.8. The zero-order valence-corrected chi connectivity index (χ0v) is 21.7. The summed E-state index contributed by atoms with van der Waals surface area (Å²) in [4.78, 5) is 28.4. The van der Waals surface area contributed by atoms with E-state index in [1.807, 2.05) is 11.3 Å². The topological polar surface area (TPSA) is 80.3 Å². The molecule has 4 heterocycles. The predicted molar refractivity (Wildman–Crippen MR) is 144 cm³/mol. The average Bonchev–Trinajstić information content (AvgIpc) is 3.70. The summed E-state index contributed by atoms with van der Waals surface area (Å²) in [5, 5.41) is 2.66. The number of halogens is 3. The van der Waals surface area contributed by atoms with Gasteiger partial charge in [0.1, 0.15) is 0 Å². The van der Waals surface area contributed by atoms with Gasteiger partial charge in [0, 0.05) is 47.6 Å². The third-order valence-electron chi connectivity index (χ3n) is 7.11. The molecule has 0 unspecified atom stereocenters. The highest BCUT2D eigenvalue weighted by molar-refractivity contribution is 6.05. The monoisotopic (exact) mass is 545 g/mol. The van der Waals surface area contributed by atoms with Crippen LogP contribution in [0.4, 0.5) is 18.9 Å². The predicted octanol–water partition coefficient (Wildman–Crippen LogP) is 5.76. The number of nitrogens with one attached hydrogen (secondary N) is 1. The molecule has 0 bridgehead atoms. The number of carbonyl (C=O) groups excluding carboxylic acids is 1. The van der Waals surface area contributed by atoms with Gasteiger partial charge >= 0.3 is 6.18 Å². The number of hydrogen-bond acceptors (Lipinski definition) is 5. The van der Waals surface area contributed by atoms with Gasteiger partial charge in [0.05, 0.1) is 35.7 Å². The quantitative estimate of drug-likeness (QED) is 0.294. The number of fused-ring (bicyclic) bond motifs is 1. The Morgan fingerprint density at radius 1 is 1.05 bits per heavy atom. The number of imidazole rings is 2. The first-order valence-electron chi connectivity index (χ1n) is 12.9. The van der Waals surface area contributed by atoms with Crippen LogP contribution in [0.1, 0.15) is 40.0 Å². The minimum Gasteiger partial charge on any atom is -0.322 e. The Labute approximate surface area is 228 Å². The van der Waals surface area contributed by atoms with Crippen LogP contribution in [0.15, 0.2) is 73.7 Å². The fourth-order valence-electron chi connectivity index (χ4n) is 5.04. The summed E-state index contributed by atoms with van der Waals surface area (Å²) in [6.07, 6.45) is 7.67. The van der Waals surface area contributed by atoms with Crippen LogP contribution in [0.5, 0.6) is 0 Å². The number of carbonyl (C=O) groups is 1. The molecule has 204 valence electrons. The Bertz CT molecular complexity index is 1700. The second-order valence-corrected chi connectivity index (χ2v) is 9.95. The average molecular weight is 546 g/mol. The van der Waals surface area contributed by atoms with E-state index in [-0.39, 0.29) is 11.4 Å². The molecule has 1 saturated heterocycles. The summed E-state index contributed by atoms with van der Waals surface area (Å²) >= 11 is 0. The second kappa shape index (κ2) is 10.2. The molecule has 6 rings (SSSR count). The number of benzene rings is 2. The number of amides is 1. The van der Waals surface area contributed by atoms with Crippen molar-refractivity contribution in [2.24, 2.45) is 0 Å². The maximum Gasteiger partial charge on any atom is 0.416 e. The third kappa shape index (κ3) is 5.20. The molecule has 2 aromatic carbocycles. The lowest BCUT2D eigenvalue weighted by molar-refractivity contribution is -0.137. The van der Waals surface area contributed by atoms with E-state index in [0.29, 0.717) is 17.8 Å². The van der Waals surface area contributed by atoms with Crippen molar-refractivity contribution in [3.8, 4) is 16.9 Å². The molecule has 5 aromatic rings. The normalized spacial score (nSPS) is 14.2. The van der Waals surface area contributed by atoms with E-state index >= 15 is 0 Å². The Kier molecular flexibility index (Phi) is 6.59. The highest BCUT2D eigenvalue weighted by atomic mass is 19.4. The largest absolute Gasteiger partial charge is 0.416 e. The van der Waals surface area contributed by atoms with Gasteiger partial charge in [-0.2, -0.15) is 13.2 Å². The molecule has 1 N–H and O–H groups in total. The lowest BCUT2D eigenvalue weighted by Crippen LogP contribution is -2.18. The van der Waals surface area contributed by atoms with E-state index in [9.17, 15) is 18.0 Å². The number of nitrogens with zero attached hydrogens (tertiary/aromatic N) is 6. The second-order valence-electron chi connectivity index (χ2n) is 9.95. The molecule has 0 radical (unpaired) electrons. The van der Waals surface area contributed by atoms with Gasteiger partial charge in [-0.1, -0.05) is 6.07 Å². The molecule has 0 aliphatic carbocycles. The number of hydrogen-bond donors (Lipinski definition) is 1. The van der Waals surface area contributed by atoms with Gasteiger partial charge in [-0.15, -0.1) is 0 Å². The van der Waals surface area contributed by atoms with E-state index < -0.39 is 17.6 Å². The molecule has 0 saturated carbocycles. The lowest BCUT2D eigenvalue weighted by atomic mass is 10.0. The van der Waals surface area contributed by atoms with Crippen LogP contribution in [-0.2, 0) is 12.7 Å². The number of likely N-dealkylation sites (tertiary alicyclic amines) is 1. The van der Waals surface area contributed by atoms with Crippen LogP contribution in [-0.4, -0.2) is 47.8 Å². The van der Waals surface area contributed by atoms with Gasteiger partial charge in [0.25, 0.3) is 5.91 Å². The van der Waals surface area contributed by atoms with E-state index in [2.05, 4.69) is 25.2 Å². The molecule has 11 heteroatoms. The SMILES string of the molecule is Cc1ccc(C(=O)Nc2cc(-n3cnc(CN4CCCC4)c3)cc(C(F)(F)F)c2)cc1-c1cnc2cnccn12. The summed E-state index contributed by atoms with van der Waals surface area (Å²) in [5.74, 6) is -0.526. The van der Waals surface area contributed by atoms with Crippen molar-refractivity contribution in [3.63, 3.8) is 0 Å². The van der Waals surface area contributed by atoms with Crippen molar-refractivity contribution in [1.82, 2.24) is 28.8 Å². The molecule has 3 aromatic heterocycles. The first-order valence-corrected chi connectivity index (χ1v) is 12.9. The zero-order valence-electron chi connectivity index (χ0n) is 21.7. The number of rotatable bonds is 6. The van der Waals surface area contributed by atoms with Gasteiger partial charge < -0.3 is 9.88 Å². The Hall–Kier alpha value is -4.51. The number of anilines is 1. The van der Waals surface area contributed by atoms with Crippen molar-refractivity contribution in [2.75, 3.05) is 18.4 Å². The molecule has 40 heavy (non-hydrogen) atoms. The van der Waals surface area contributed by atoms with Crippen LogP contribution in [0.25, 0.3) is 22.6 Å². The molecular weight excluding hydrogens is 519 g/mol. The van der Waals surface area contributed by atoms with Gasteiger partial charge in [-0.3, -0.25) is 19.1 Å². The molecule has 1 amide bonds.